The van der Waals surface area contributed by atoms with Gasteiger partial charge in [0.25, 0.3) is 0 Å². The predicted molar refractivity (Wildman–Crippen MR) is 155 cm³/mol. The molecule has 214 valence electrons. The number of hydrogen-bond acceptors (Lipinski definition) is 6. The minimum atomic E-state index is -2.06. The normalized spacial score (nSPS) is 19.9. The monoisotopic (exact) mass is 555 g/mol. The van der Waals surface area contributed by atoms with Gasteiger partial charge in [-0.05, 0) is 48.3 Å². The Hall–Kier alpha value is -2.68. The summed E-state index contributed by atoms with van der Waals surface area (Å²) in [4.78, 5) is 28.1. The molecule has 8 heteroatoms. The first-order valence-electron chi connectivity index (χ1n) is 14.2. The molecule has 1 heterocycles. The minimum absolute atomic E-state index is 0.0578. The summed E-state index contributed by atoms with van der Waals surface area (Å²) in [5.74, 6) is -0.0514. The summed E-state index contributed by atoms with van der Waals surface area (Å²) in [6.45, 7) is 13.2. The van der Waals surface area contributed by atoms with Gasteiger partial charge in [-0.1, -0.05) is 77.1 Å². The van der Waals surface area contributed by atoms with Crippen molar-refractivity contribution in [3.63, 3.8) is 0 Å². The predicted octanol–water partition coefficient (Wildman–Crippen LogP) is 6.98. The Morgan fingerprint density at radius 2 is 1.62 bits per heavy atom. The van der Waals surface area contributed by atoms with E-state index >= 15 is 0 Å². The van der Waals surface area contributed by atoms with Crippen LogP contribution in [0.15, 0.2) is 54.6 Å². The maximum absolute atomic E-state index is 13.9. The molecule has 1 saturated heterocycles. The number of rotatable bonds is 14. The first-order valence-corrected chi connectivity index (χ1v) is 16.7. The Kier molecular flexibility index (Phi) is 11.2. The molecule has 39 heavy (non-hydrogen) atoms. The van der Waals surface area contributed by atoms with Gasteiger partial charge in [-0.2, -0.15) is 0 Å². The van der Waals surface area contributed by atoms with E-state index in [9.17, 15) is 9.59 Å². The molecular formula is C31H45NO6Si. The summed E-state index contributed by atoms with van der Waals surface area (Å²) in [5, 5.41) is 0. The lowest BCUT2D eigenvalue weighted by Crippen LogP contribution is -2.51. The third kappa shape index (κ3) is 7.29. The van der Waals surface area contributed by atoms with Gasteiger partial charge >= 0.3 is 6.09 Å². The number of cyclic esters (lactones) is 1. The number of imide groups is 1. The second kappa shape index (κ2) is 14.1. The quantitative estimate of drug-likeness (QED) is 0.234. The van der Waals surface area contributed by atoms with Crippen LogP contribution in [-0.4, -0.2) is 51.1 Å². The molecule has 0 radical (unpaired) electrons. The largest absolute Gasteiger partial charge is 0.497 e. The van der Waals surface area contributed by atoms with Crippen LogP contribution in [0.2, 0.25) is 18.1 Å². The summed E-state index contributed by atoms with van der Waals surface area (Å²) < 4.78 is 24.0. The molecule has 1 aliphatic heterocycles. The fourth-order valence-corrected chi connectivity index (χ4v) is 8.40. The molecule has 5 atom stereocenters. The highest BCUT2D eigenvalue weighted by Crippen LogP contribution is 2.36. The molecule has 1 aliphatic rings. The second-order valence-electron chi connectivity index (χ2n) is 10.6. The van der Waals surface area contributed by atoms with Gasteiger partial charge in [-0.3, -0.25) is 4.79 Å². The van der Waals surface area contributed by atoms with Gasteiger partial charge in [-0.25, -0.2) is 9.69 Å². The standard InChI is InChI=1S/C31H45NO6Si/c1-8-39(9-2,10-3)38-28(22(4)20-36-21-25-16-18-27(35-7)19-17-25)23(5)30(33)32-24(6)29(37-31(32)34)26-14-12-11-13-15-26/h11-19,22-24,28-29H,8-10,20-21H2,1-7H3/t22-,23+,24+,28-,29+/m0/s1. The van der Waals surface area contributed by atoms with Gasteiger partial charge in [0.1, 0.15) is 11.9 Å². The van der Waals surface area contributed by atoms with Gasteiger partial charge in [0.05, 0.1) is 38.4 Å². The van der Waals surface area contributed by atoms with E-state index in [4.69, 9.17) is 18.6 Å². The highest BCUT2D eigenvalue weighted by atomic mass is 28.4. The summed E-state index contributed by atoms with van der Waals surface area (Å²) in [6.07, 6.45) is -1.47. The zero-order valence-electron chi connectivity index (χ0n) is 24.5. The van der Waals surface area contributed by atoms with Crippen LogP contribution >= 0.6 is 0 Å². The fraction of sp³-hybridized carbons (Fsp3) is 0.548. The van der Waals surface area contributed by atoms with Crippen molar-refractivity contribution in [2.45, 2.75) is 84.5 Å². The molecule has 0 saturated carbocycles. The van der Waals surface area contributed by atoms with Gasteiger partial charge in [-0.15, -0.1) is 0 Å². The van der Waals surface area contributed by atoms with Crippen LogP contribution in [-0.2, 0) is 25.3 Å². The van der Waals surface area contributed by atoms with Crippen molar-refractivity contribution < 1.29 is 28.2 Å². The maximum atomic E-state index is 13.9. The number of amides is 2. The maximum Gasteiger partial charge on any atom is 0.417 e. The van der Waals surface area contributed by atoms with Crippen LogP contribution in [0.25, 0.3) is 0 Å². The van der Waals surface area contributed by atoms with E-state index in [1.54, 1.807) is 7.11 Å². The van der Waals surface area contributed by atoms with Crippen LogP contribution in [0.3, 0.4) is 0 Å². The highest BCUT2D eigenvalue weighted by molar-refractivity contribution is 6.73. The molecule has 0 aliphatic carbocycles. The van der Waals surface area contributed by atoms with E-state index < -0.39 is 32.5 Å². The van der Waals surface area contributed by atoms with Gasteiger partial charge in [0.15, 0.2) is 8.32 Å². The third-order valence-corrected chi connectivity index (χ3v) is 12.8. The van der Waals surface area contributed by atoms with Crippen LogP contribution < -0.4 is 4.74 Å². The molecule has 0 N–H and O–H groups in total. The Morgan fingerprint density at radius 1 is 1.00 bits per heavy atom. The average Bonchev–Trinajstić information content (AvgIpc) is 3.27. The van der Waals surface area contributed by atoms with Crippen molar-refractivity contribution >= 4 is 20.3 Å². The number of carbonyl (C=O) groups excluding carboxylic acids is 2. The first-order chi connectivity index (χ1) is 18.7. The molecule has 0 bridgehead atoms. The number of hydrogen-bond donors (Lipinski definition) is 0. The third-order valence-electron chi connectivity index (χ3n) is 8.21. The number of ether oxygens (including phenoxy) is 3. The van der Waals surface area contributed by atoms with Crippen LogP contribution in [0.4, 0.5) is 4.79 Å². The Morgan fingerprint density at radius 3 is 2.18 bits per heavy atom. The Balaban J connectivity index is 1.77. The van der Waals surface area contributed by atoms with Gasteiger partial charge in [0.2, 0.25) is 5.91 Å². The second-order valence-corrected chi connectivity index (χ2v) is 15.3. The number of carbonyl (C=O) groups is 2. The van der Waals surface area contributed by atoms with E-state index in [0.717, 1.165) is 35.0 Å². The smallest absolute Gasteiger partial charge is 0.417 e. The molecule has 2 aromatic rings. The van der Waals surface area contributed by atoms with Crippen molar-refractivity contribution in [3.8, 4) is 5.75 Å². The van der Waals surface area contributed by atoms with Crippen LogP contribution in [0.5, 0.6) is 5.75 Å². The molecule has 2 amide bonds. The topological polar surface area (TPSA) is 74.3 Å². The van der Waals surface area contributed by atoms with E-state index in [1.165, 1.54) is 4.90 Å². The van der Waals surface area contributed by atoms with E-state index in [2.05, 4.69) is 27.7 Å². The lowest BCUT2D eigenvalue weighted by Gasteiger charge is -2.39. The molecule has 2 aromatic carbocycles. The Labute approximate surface area is 234 Å². The summed E-state index contributed by atoms with van der Waals surface area (Å²) in [7, 11) is -0.416. The average molecular weight is 556 g/mol. The molecule has 0 unspecified atom stereocenters. The number of benzene rings is 2. The van der Waals surface area contributed by atoms with E-state index in [-0.39, 0.29) is 17.9 Å². The summed E-state index contributed by atoms with van der Waals surface area (Å²) >= 11 is 0. The number of methoxy groups -OCH3 is 1. The lowest BCUT2D eigenvalue weighted by atomic mass is 9.92. The lowest BCUT2D eigenvalue weighted by molar-refractivity contribution is -0.137. The SMILES string of the molecule is CC[Si](CC)(CC)O[C@@H]([C@@H](C)COCc1ccc(OC)cc1)[C@@H](C)C(=O)N1C(=O)O[C@@H](c2ccccc2)[C@H]1C. The molecule has 3 rings (SSSR count). The fourth-order valence-electron chi connectivity index (χ4n) is 5.38. The highest BCUT2D eigenvalue weighted by Gasteiger charge is 2.47. The number of nitrogens with zero attached hydrogens (tertiary/aromatic N) is 1. The molecule has 0 spiro atoms. The van der Waals surface area contributed by atoms with Crippen LogP contribution in [0, 0.1) is 11.8 Å². The van der Waals surface area contributed by atoms with E-state index in [0.29, 0.717) is 13.2 Å². The molecule has 0 aromatic heterocycles. The van der Waals surface area contributed by atoms with Crippen molar-refractivity contribution in [1.82, 2.24) is 4.90 Å². The molecule has 7 nitrogen and oxygen atoms in total. The molecular weight excluding hydrogens is 510 g/mol. The minimum Gasteiger partial charge on any atom is -0.497 e. The van der Waals surface area contributed by atoms with Gasteiger partial charge in [0, 0.05) is 5.92 Å². The zero-order valence-corrected chi connectivity index (χ0v) is 25.5. The van der Waals surface area contributed by atoms with Gasteiger partial charge < -0.3 is 18.6 Å². The Bertz CT molecular complexity index is 1050. The van der Waals surface area contributed by atoms with Crippen molar-refractivity contribution in [3.05, 3.63) is 65.7 Å². The first kappa shape index (κ1) is 30.9. The molecule has 1 fully saturated rings. The zero-order chi connectivity index (χ0) is 28.6. The summed E-state index contributed by atoms with van der Waals surface area (Å²) in [5.41, 5.74) is 1.92. The van der Waals surface area contributed by atoms with Crippen molar-refractivity contribution in [2.24, 2.45) is 11.8 Å². The summed E-state index contributed by atoms with van der Waals surface area (Å²) in [6, 6.07) is 19.9. The van der Waals surface area contributed by atoms with Crippen molar-refractivity contribution in [2.75, 3.05) is 13.7 Å². The van der Waals surface area contributed by atoms with E-state index in [1.807, 2.05) is 68.4 Å². The van der Waals surface area contributed by atoms with Crippen molar-refractivity contribution in [1.29, 1.82) is 0 Å². The van der Waals surface area contributed by atoms with Crippen LogP contribution in [0.1, 0.15) is 58.8 Å².